The molecule has 0 N–H and O–H groups in total. The Morgan fingerprint density at radius 2 is 1.20 bits per heavy atom. The fourth-order valence-corrected chi connectivity index (χ4v) is 0. The molecule has 0 saturated heterocycles. The molecule has 5 heavy (non-hydrogen) atoms. The second kappa shape index (κ2) is 18.3. The Bertz CT molecular complexity index is 30.6. The van der Waals surface area contributed by atoms with Crippen LogP contribution in [0.1, 0.15) is 0 Å². The van der Waals surface area contributed by atoms with E-state index in [9.17, 15) is 0 Å². The first-order valence-corrected chi connectivity index (χ1v) is 1.68. The van der Waals surface area contributed by atoms with E-state index in [0.29, 0.717) is 0 Å². The van der Waals surface area contributed by atoms with Gasteiger partial charge in [0.1, 0.15) is 0 Å². The average molecular weight is 188 g/mol. The summed E-state index contributed by atoms with van der Waals surface area (Å²) in [7, 11) is 0. The van der Waals surface area contributed by atoms with Crippen LogP contribution in [-0.4, -0.2) is 0 Å². The van der Waals surface area contributed by atoms with Crippen molar-refractivity contribution in [3.8, 4) is 0 Å². The fraction of sp³-hybridized carbons (Fsp3) is 0. The molecule has 0 amide bonds. The Kier molecular flexibility index (Phi) is 59.1. The van der Waals surface area contributed by atoms with Gasteiger partial charge in [-0.05, 0) is 0 Å². The fourth-order valence-electron chi connectivity index (χ4n) is 0. The first-order chi connectivity index (χ1) is 1.41. The molecule has 0 aliphatic carbocycles. The van der Waals surface area contributed by atoms with Gasteiger partial charge in [-0.15, -0.1) is 0 Å². The van der Waals surface area contributed by atoms with Gasteiger partial charge in [-0.3, -0.25) is 0 Å². The summed E-state index contributed by atoms with van der Waals surface area (Å²) in [6.45, 7) is 0. The van der Waals surface area contributed by atoms with Crippen LogP contribution < -0.4 is 0 Å². The van der Waals surface area contributed by atoms with Crippen LogP contribution in [-0.2, 0) is 60.2 Å². The predicted molar refractivity (Wildman–Crippen MR) is 1.37 cm³/mol. The molecule has 0 spiro atoms. The van der Waals surface area contributed by atoms with E-state index in [4.69, 9.17) is 6.65 Å². The van der Waals surface area contributed by atoms with E-state index in [2.05, 4.69) is 0 Å². The van der Waals surface area contributed by atoms with Gasteiger partial charge >= 0.3 is 25.7 Å². The summed E-state index contributed by atoms with van der Waals surface area (Å²) >= 11 is -2.00. The van der Waals surface area contributed by atoms with Crippen LogP contribution >= 0.6 is 0 Å². The van der Waals surface area contributed by atoms with Gasteiger partial charge in [0.25, 0.3) is 0 Å². The molecular weight excluding hydrogens is 188 g/mol. The monoisotopic (exact) mass is 188 g/mol. The molecule has 0 aromatic rings. The van der Waals surface area contributed by atoms with Gasteiger partial charge in [-0.2, -0.15) is 0 Å². The number of hydrogen-bond acceptors (Lipinski definition) is 2. The van der Waals surface area contributed by atoms with Gasteiger partial charge in [0, 0.05) is 34.4 Å². The summed E-state index contributed by atoms with van der Waals surface area (Å²) in [4.78, 5) is 0. The van der Waals surface area contributed by atoms with Crippen molar-refractivity contribution in [3.63, 3.8) is 0 Å². The summed E-state index contributed by atoms with van der Waals surface area (Å²) in [6, 6.07) is 0. The van der Waals surface area contributed by atoms with Gasteiger partial charge < -0.3 is 0 Å². The molecule has 0 aliphatic heterocycles. The van der Waals surface area contributed by atoms with Gasteiger partial charge in [0.2, 0.25) is 0 Å². The third-order valence-corrected chi connectivity index (χ3v) is 0. The molecule has 30 valence electrons. The van der Waals surface area contributed by atoms with Crippen LogP contribution in [0, 0.1) is 0 Å². The van der Waals surface area contributed by atoms with Crippen molar-refractivity contribution < 1.29 is 60.2 Å². The average Bonchev–Trinajstić information content (AvgIpc) is 0.918. The Morgan fingerprint density at radius 1 is 1.20 bits per heavy atom. The van der Waals surface area contributed by atoms with Crippen LogP contribution in [0.3, 0.4) is 0 Å². The first kappa shape index (κ1) is 16.2. The first-order valence-electron chi connectivity index (χ1n) is 0.408. The standard InChI is InChI=1S/Cr.Fe.2O.Ti. The van der Waals surface area contributed by atoms with Crippen LogP contribution in [0.5, 0.6) is 0 Å². The molecule has 0 radical (unpaired) electrons. The van der Waals surface area contributed by atoms with Crippen molar-refractivity contribution in [2.45, 2.75) is 0 Å². The summed E-state index contributed by atoms with van der Waals surface area (Å²) in [5.74, 6) is 0. The van der Waals surface area contributed by atoms with Crippen molar-refractivity contribution in [3.05, 3.63) is 0 Å². The van der Waals surface area contributed by atoms with Crippen molar-refractivity contribution in [2.75, 3.05) is 0 Å². The summed E-state index contributed by atoms with van der Waals surface area (Å²) in [5.41, 5.74) is 0. The zero-order chi connectivity index (χ0) is 2.71. The maximum absolute atomic E-state index is 8.50. The van der Waals surface area contributed by atoms with Gasteiger partial charge in [-0.1, -0.05) is 0 Å². The Labute approximate surface area is 59.9 Å². The molecule has 0 rings (SSSR count). The predicted octanol–water partition coefficient (Wildman–Crippen LogP) is -0.245. The van der Waals surface area contributed by atoms with Crippen LogP contribution in [0.4, 0.5) is 0 Å². The molecule has 0 aromatic carbocycles. The molecule has 0 heterocycles. The summed E-state index contributed by atoms with van der Waals surface area (Å²) < 4.78 is 17.0. The van der Waals surface area contributed by atoms with Crippen LogP contribution in [0.25, 0.3) is 0 Å². The molecule has 2 nitrogen and oxygen atoms in total. The molecule has 0 saturated carbocycles. The second-order valence-corrected chi connectivity index (χ2v) is 0.344. The molecule has 0 fully saturated rings. The molecule has 0 bridgehead atoms. The van der Waals surface area contributed by atoms with E-state index < -0.39 is 19.1 Å². The topological polar surface area (TPSA) is 34.1 Å². The van der Waals surface area contributed by atoms with E-state index in [0.717, 1.165) is 0 Å². The normalized spacial score (nSPS) is 1.60. The molecule has 0 atom stereocenters. The van der Waals surface area contributed by atoms with E-state index >= 15 is 0 Å². The van der Waals surface area contributed by atoms with Gasteiger partial charge in [0.05, 0.1) is 0 Å². The van der Waals surface area contributed by atoms with Crippen molar-refractivity contribution in [2.24, 2.45) is 0 Å². The third-order valence-electron chi connectivity index (χ3n) is 0. The summed E-state index contributed by atoms with van der Waals surface area (Å²) in [5, 5.41) is 0. The van der Waals surface area contributed by atoms with Crippen molar-refractivity contribution >= 4 is 0 Å². The van der Waals surface area contributed by atoms with E-state index in [1.165, 1.54) is 0 Å². The maximum atomic E-state index is 8.50. The second-order valence-electron chi connectivity index (χ2n) is 0.0833. The quantitative estimate of drug-likeness (QED) is 0.491. The van der Waals surface area contributed by atoms with E-state index in [1.807, 2.05) is 0 Å². The van der Waals surface area contributed by atoms with Gasteiger partial charge in [0.15, 0.2) is 0 Å². The van der Waals surface area contributed by atoms with Crippen LogP contribution in [0.15, 0.2) is 0 Å². The Morgan fingerprint density at radius 3 is 1.20 bits per heavy atom. The zero-order valence-electron chi connectivity index (χ0n) is 2.08. The van der Waals surface area contributed by atoms with Gasteiger partial charge in [-0.25, -0.2) is 0 Å². The van der Waals surface area contributed by atoms with Crippen LogP contribution in [0.2, 0.25) is 0 Å². The van der Waals surface area contributed by atoms with Crippen molar-refractivity contribution in [1.82, 2.24) is 0 Å². The van der Waals surface area contributed by atoms with E-state index in [1.54, 1.807) is 0 Å². The minimum absolute atomic E-state index is 0. The molecule has 0 aliphatic rings. The molecule has 0 aromatic heterocycles. The minimum atomic E-state index is -2.00. The Hall–Kier alpha value is 1.37. The molecular formula is CrFeO2Ti. The zero-order valence-corrected chi connectivity index (χ0v) is 6.02. The Balaban J connectivity index is -0.0000000200. The van der Waals surface area contributed by atoms with Crippen molar-refractivity contribution in [1.29, 1.82) is 0 Å². The number of rotatable bonds is 0. The molecule has 5 heteroatoms. The van der Waals surface area contributed by atoms with E-state index in [-0.39, 0.29) is 34.4 Å². The summed E-state index contributed by atoms with van der Waals surface area (Å²) in [6.07, 6.45) is 0. The number of hydrogen-bond donors (Lipinski definition) is 0. The SMILES string of the molecule is [Cr].[Fe].[O]=[Ti]=[O]. The molecule has 0 unspecified atom stereocenters. The third kappa shape index (κ3) is 32.6.